The van der Waals surface area contributed by atoms with Gasteiger partial charge >= 0.3 is 0 Å². The molecule has 4 rings (SSSR count). The lowest BCUT2D eigenvalue weighted by Gasteiger charge is -2.36. The van der Waals surface area contributed by atoms with E-state index in [2.05, 4.69) is 9.38 Å². The molecule has 1 saturated heterocycles. The monoisotopic (exact) mass is 326 g/mol. The lowest BCUT2D eigenvalue weighted by molar-refractivity contribution is -0.141. The molecule has 1 aliphatic carbocycles. The number of rotatable bonds is 1. The molecule has 24 heavy (non-hydrogen) atoms. The van der Waals surface area contributed by atoms with Crippen LogP contribution in [0.1, 0.15) is 24.7 Å². The number of piperazine rings is 1. The van der Waals surface area contributed by atoms with E-state index in [4.69, 9.17) is 0 Å². The second-order valence-corrected chi connectivity index (χ2v) is 6.71. The van der Waals surface area contributed by atoms with Gasteiger partial charge in [-0.15, -0.1) is 0 Å². The number of pyridine rings is 1. The third-order valence-electron chi connectivity index (χ3n) is 5.27. The second-order valence-electron chi connectivity index (χ2n) is 6.71. The molecule has 2 amide bonds. The first-order valence-corrected chi connectivity index (χ1v) is 8.62. The Balaban J connectivity index is 1.48. The van der Waals surface area contributed by atoms with E-state index >= 15 is 0 Å². The highest BCUT2D eigenvalue weighted by atomic mass is 16.2. The van der Waals surface area contributed by atoms with Crippen LogP contribution in [0, 0.1) is 5.92 Å². The predicted molar refractivity (Wildman–Crippen MR) is 89.5 cm³/mol. The van der Waals surface area contributed by atoms with Gasteiger partial charge in [-0.25, -0.2) is 4.98 Å². The maximum atomic E-state index is 12.9. The van der Waals surface area contributed by atoms with Crippen molar-refractivity contribution in [3.8, 4) is 0 Å². The fourth-order valence-corrected chi connectivity index (χ4v) is 3.87. The van der Waals surface area contributed by atoms with Crippen LogP contribution in [0.3, 0.4) is 0 Å². The van der Waals surface area contributed by atoms with Crippen molar-refractivity contribution >= 4 is 17.5 Å². The molecule has 0 saturated carbocycles. The van der Waals surface area contributed by atoms with Gasteiger partial charge in [-0.05, 0) is 25.0 Å². The molecule has 3 heterocycles. The van der Waals surface area contributed by atoms with Gasteiger partial charge in [0.2, 0.25) is 11.8 Å². The Labute approximate surface area is 141 Å². The Morgan fingerprint density at radius 1 is 1.12 bits per heavy atom. The molecule has 0 bridgehead atoms. The minimum Gasteiger partial charge on any atom is -0.339 e. The maximum Gasteiger partial charge on any atom is 0.226 e. The molecule has 1 atom stereocenters. The van der Waals surface area contributed by atoms with Crippen LogP contribution in [-0.4, -0.2) is 57.2 Å². The third kappa shape index (κ3) is 2.56. The summed E-state index contributed by atoms with van der Waals surface area (Å²) >= 11 is 0. The van der Waals surface area contributed by atoms with Crippen LogP contribution in [0.15, 0.2) is 24.4 Å². The SMILES string of the molecule is CC(=O)N1CCN(C(=O)C2CCc3nc4ccccn4c3C2)CC1. The summed E-state index contributed by atoms with van der Waals surface area (Å²) in [6, 6.07) is 6.00. The highest BCUT2D eigenvalue weighted by Gasteiger charge is 2.32. The molecule has 6 nitrogen and oxygen atoms in total. The molecule has 2 aliphatic rings. The third-order valence-corrected chi connectivity index (χ3v) is 5.27. The van der Waals surface area contributed by atoms with Crippen LogP contribution in [-0.2, 0) is 22.4 Å². The van der Waals surface area contributed by atoms with E-state index in [0.717, 1.165) is 30.6 Å². The Kier molecular flexibility index (Phi) is 3.75. The average molecular weight is 326 g/mol. The van der Waals surface area contributed by atoms with Crippen molar-refractivity contribution in [2.75, 3.05) is 26.2 Å². The summed E-state index contributed by atoms with van der Waals surface area (Å²) in [6.45, 7) is 4.18. The molecular weight excluding hydrogens is 304 g/mol. The number of amides is 2. The van der Waals surface area contributed by atoms with Gasteiger partial charge < -0.3 is 14.2 Å². The highest BCUT2D eigenvalue weighted by Crippen LogP contribution is 2.28. The zero-order valence-corrected chi connectivity index (χ0v) is 13.9. The smallest absolute Gasteiger partial charge is 0.226 e. The standard InChI is InChI=1S/C18H22N4O2/c1-13(23)20-8-10-21(11-9-20)18(24)14-5-6-15-16(12-14)22-7-3-2-4-17(22)19-15/h2-4,7,14H,5-6,8-12H2,1H3. The molecule has 0 spiro atoms. The number of hydrogen-bond donors (Lipinski definition) is 0. The number of aryl methyl sites for hydroxylation is 1. The molecule has 126 valence electrons. The van der Waals surface area contributed by atoms with Crippen LogP contribution >= 0.6 is 0 Å². The van der Waals surface area contributed by atoms with Crippen molar-refractivity contribution in [1.82, 2.24) is 19.2 Å². The van der Waals surface area contributed by atoms with Crippen molar-refractivity contribution in [1.29, 1.82) is 0 Å². The van der Waals surface area contributed by atoms with Gasteiger partial charge in [-0.1, -0.05) is 6.07 Å². The van der Waals surface area contributed by atoms with Crippen molar-refractivity contribution in [3.63, 3.8) is 0 Å². The normalized spacial score (nSPS) is 21.0. The van der Waals surface area contributed by atoms with E-state index in [9.17, 15) is 9.59 Å². The summed E-state index contributed by atoms with van der Waals surface area (Å²) in [7, 11) is 0. The molecule has 1 fully saturated rings. The van der Waals surface area contributed by atoms with Gasteiger partial charge in [0.15, 0.2) is 0 Å². The molecule has 0 aromatic carbocycles. The van der Waals surface area contributed by atoms with Gasteiger partial charge in [0, 0.05) is 57.3 Å². The minimum atomic E-state index is 0.0292. The van der Waals surface area contributed by atoms with Crippen LogP contribution in [0.25, 0.3) is 5.65 Å². The lowest BCUT2D eigenvalue weighted by Crippen LogP contribution is -2.52. The maximum absolute atomic E-state index is 12.9. The number of fused-ring (bicyclic) bond motifs is 3. The molecule has 0 N–H and O–H groups in total. The van der Waals surface area contributed by atoms with Gasteiger partial charge in [-0.2, -0.15) is 0 Å². The van der Waals surface area contributed by atoms with Gasteiger partial charge in [0.05, 0.1) is 5.69 Å². The zero-order valence-electron chi connectivity index (χ0n) is 13.9. The van der Waals surface area contributed by atoms with Gasteiger partial charge in [-0.3, -0.25) is 9.59 Å². The van der Waals surface area contributed by atoms with E-state index in [1.807, 2.05) is 34.2 Å². The van der Waals surface area contributed by atoms with E-state index in [1.165, 1.54) is 5.69 Å². The van der Waals surface area contributed by atoms with Crippen molar-refractivity contribution in [2.24, 2.45) is 5.92 Å². The van der Waals surface area contributed by atoms with Gasteiger partial charge in [0.25, 0.3) is 0 Å². The van der Waals surface area contributed by atoms with E-state index in [1.54, 1.807) is 6.92 Å². The molecule has 6 heteroatoms. The first-order chi connectivity index (χ1) is 11.6. The molecule has 1 unspecified atom stereocenters. The van der Waals surface area contributed by atoms with Crippen molar-refractivity contribution in [2.45, 2.75) is 26.2 Å². The fraction of sp³-hybridized carbons (Fsp3) is 0.500. The summed E-state index contributed by atoms with van der Waals surface area (Å²) in [5.41, 5.74) is 3.27. The van der Waals surface area contributed by atoms with Crippen molar-refractivity contribution < 1.29 is 9.59 Å². The summed E-state index contributed by atoms with van der Waals surface area (Å²) < 4.78 is 2.11. The Hall–Kier alpha value is -2.37. The quantitative estimate of drug-likeness (QED) is 0.789. The van der Waals surface area contributed by atoms with E-state index in [-0.39, 0.29) is 17.7 Å². The summed E-state index contributed by atoms with van der Waals surface area (Å²) in [5, 5.41) is 0. The minimum absolute atomic E-state index is 0.0292. The second kappa shape index (κ2) is 5.92. The Morgan fingerprint density at radius 3 is 2.62 bits per heavy atom. The van der Waals surface area contributed by atoms with Crippen molar-refractivity contribution in [3.05, 3.63) is 35.8 Å². The molecular formula is C18H22N4O2. The first kappa shape index (κ1) is 15.2. The molecule has 2 aromatic heterocycles. The Morgan fingerprint density at radius 2 is 1.88 bits per heavy atom. The van der Waals surface area contributed by atoms with Crippen LogP contribution in [0.2, 0.25) is 0 Å². The van der Waals surface area contributed by atoms with Crippen LogP contribution < -0.4 is 0 Å². The number of hydrogen-bond acceptors (Lipinski definition) is 3. The number of nitrogens with zero attached hydrogens (tertiary/aromatic N) is 4. The highest BCUT2D eigenvalue weighted by molar-refractivity contribution is 5.80. The number of carbonyl (C=O) groups is 2. The summed E-state index contributed by atoms with van der Waals surface area (Å²) in [6.07, 6.45) is 4.51. The molecule has 2 aromatic rings. The molecule has 0 radical (unpaired) electrons. The fourth-order valence-electron chi connectivity index (χ4n) is 3.87. The molecule has 1 aliphatic heterocycles. The van der Waals surface area contributed by atoms with Gasteiger partial charge in [0.1, 0.15) is 5.65 Å². The number of imidazole rings is 1. The largest absolute Gasteiger partial charge is 0.339 e. The van der Waals surface area contributed by atoms with E-state index < -0.39 is 0 Å². The van der Waals surface area contributed by atoms with Crippen LogP contribution in [0.5, 0.6) is 0 Å². The van der Waals surface area contributed by atoms with E-state index in [0.29, 0.717) is 26.2 Å². The number of aromatic nitrogens is 2. The Bertz CT molecular complexity index is 789. The average Bonchev–Trinajstić information content (AvgIpc) is 2.99. The summed E-state index contributed by atoms with van der Waals surface area (Å²) in [5.74, 6) is 0.353. The topological polar surface area (TPSA) is 57.9 Å². The van der Waals surface area contributed by atoms with Crippen LogP contribution in [0.4, 0.5) is 0 Å². The predicted octanol–water partition coefficient (Wildman–Crippen LogP) is 1.13. The zero-order chi connectivity index (χ0) is 16.7. The lowest BCUT2D eigenvalue weighted by atomic mass is 9.88. The number of carbonyl (C=O) groups excluding carboxylic acids is 2. The first-order valence-electron chi connectivity index (χ1n) is 8.62. The summed E-state index contributed by atoms with van der Waals surface area (Å²) in [4.78, 5) is 32.7.